The number of hydrogen-bond donors (Lipinski definition) is 2. The van der Waals surface area contributed by atoms with Crippen LogP contribution < -0.4 is 0 Å². The monoisotopic (exact) mass is 186 g/mol. The molecule has 0 bridgehead atoms. The number of rotatable bonds is 5. The summed E-state index contributed by atoms with van der Waals surface area (Å²) in [7, 11) is 0. The molecule has 4 heteroatoms. The van der Waals surface area contributed by atoms with Crippen molar-refractivity contribution in [2.24, 2.45) is 16.2 Å². The lowest BCUT2D eigenvalue weighted by atomic mass is 9.92. The van der Waals surface area contributed by atoms with Crippen LogP contribution in [0.1, 0.15) is 40.0 Å². The molecule has 4 nitrogen and oxygen atoms in total. The molecule has 0 spiro atoms. The predicted octanol–water partition coefficient (Wildman–Crippen LogP) is 2.49. The van der Waals surface area contributed by atoms with E-state index >= 15 is 0 Å². The fraction of sp³-hybridized carbons (Fsp3) is 0.778. The Balaban J connectivity index is 4.67. The molecule has 0 saturated carbocycles. The summed E-state index contributed by atoms with van der Waals surface area (Å²) >= 11 is 0. The number of oxime groups is 2. The first-order chi connectivity index (χ1) is 6.24. The van der Waals surface area contributed by atoms with E-state index in [9.17, 15) is 0 Å². The summed E-state index contributed by atoms with van der Waals surface area (Å²) in [6.45, 7) is 5.82. The molecule has 0 aromatic heterocycles. The van der Waals surface area contributed by atoms with Gasteiger partial charge in [0.2, 0.25) is 0 Å². The molecule has 0 aromatic carbocycles. The van der Waals surface area contributed by atoms with Gasteiger partial charge in [-0.2, -0.15) is 0 Å². The first-order valence-electron chi connectivity index (χ1n) is 4.66. The standard InChI is InChI=1S/C9H18N2O2/c1-4-7(8(5-2)10-12)9(6-3)11-13/h7,12-13H,4-6H2,1-3H3/b10-8-,11-9+. The van der Waals surface area contributed by atoms with E-state index in [-0.39, 0.29) is 5.92 Å². The van der Waals surface area contributed by atoms with Gasteiger partial charge in [-0.1, -0.05) is 31.1 Å². The Kier molecular flexibility index (Phi) is 5.93. The highest BCUT2D eigenvalue weighted by molar-refractivity contribution is 6.06. The molecule has 0 fully saturated rings. The summed E-state index contributed by atoms with van der Waals surface area (Å²) < 4.78 is 0. The Morgan fingerprint density at radius 1 is 1.00 bits per heavy atom. The zero-order valence-corrected chi connectivity index (χ0v) is 8.49. The van der Waals surface area contributed by atoms with Gasteiger partial charge in [0.25, 0.3) is 0 Å². The van der Waals surface area contributed by atoms with Crippen LogP contribution in [0.15, 0.2) is 10.3 Å². The summed E-state index contributed by atoms with van der Waals surface area (Å²) in [6, 6.07) is 0. The van der Waals surface area contributed by atoms with E-state index < -0.39 is 0 Å². The van der Waals surface area contributed by atoms with Crippen LogP contribution >= 0.6 is 0 Å². The van der Waals surface area contributed by atoms with Crippen LogP contribution in [0.25, 0.3) is 0 Å². The van der Waals surface area contributed by atoms with Gasteiger partial charge in [-0.15, -0.1) is 0 Å². The highest BCUT2D eigenvalue weighted by Crippen LogP contribution is 2.13. The lowest BCUT2D eigenvalue weighted by molar-refractivity contribution is 0.309. The Hall–Kier alpha value is -1.06. The quantitative estimate of drug-likeness (QED) is 0.393. The fourth-order valence-corrected chi connectivity index (χ4v) is 1.44. The van der Waals surface area contributed by atoms with E-state index in [1.165, 1.54) is 0 Å². The minimum Gasteiger partial charge on any atom is -0.411 e. The predicted molar refractivity (Wildman–Crippen MR) is 52.8 cm³/mol. The van der Waals surface area contributed by atoms with E-state index in [0.29, 0.717) is 24.3 Å². The normalized spacial score (nSPS) is 15.9. The van der Waals surface area contributed by atoms with Gasteiger partial charge in [0.05, 0.1) is 11.4 Å². The molecule has 0 aliphatic heterocycles. The van der Waals surface area contributed by atoms with Crippen molar-refractivity contribution in [3.8, 4) is 0 Å². The molecule has 76 valence electrons. The third-order valence-electron chi connectivity index (χ3n) is 2.19. The van der Waals surface area contributed by atoms with Crippen molar-refractivity contribution in [3.05, 3.63) is 0 Å². The second-order valence-corrected chi connectivity index (χ2v) is 2.85. The lowest BCUT2D eigenvalue weighted by Crippen LogP contribution is -2.22. The molecule has 0 amide bonds. The number of hydrogen-bond acceptors (Lipinski definition) is 4. The van der Waals surface area contributed by atoms with E-state index in [0.717, 1.165) is 6.42 Å². The van der Waals surface area contributed by atoms with Crippen molar-refractivity contribution >= 4 is 11.4 Å². The summed E-state index contributed by atoms with van der Waals surface area (Å²) in [5, 5.41) is 23.9. The number of nitrogens with zero attached hydrogens (tertiary/aromatic N) is 2. The third-order valence-corrected chi connectivity index (χ3v) is 2.19. The molecule has 2 N–H and O–H groups in total. The van der Waals surface area contributed by atoms with Crippen molar-refractivity contribution in [2.45, 2.75) is 40.0 Å². The van der Waals surface area contributed by atoms with Gasteiger partial charge < -0.3 is 10.4 Å². The highest BCUT2D eigenvalue weighted by atomic mass is 16.4. The molecule has 0 aliphatic carbocycles. The average Bonchev–Trinajstić information content (AvgIpc) is 2.18. The molecule has 13 heavy (non-hydrogen) atoms. The van der Waals surface area contributed by atoms with Crippen LogP contribution in [0.2, 0.25) is 0 Å². The molecule has 0 heterocycles. The zero-order chi connectivity index (χ0) is 10.3. The first-order valence-corrected chi connectivity index (χ1v) is 4.66. The van der Waals surface area contributed by atoms with Gasteiger partial charge in [-0.25, -0.2) is 0 Å². The molecular weight excluding hydrogens is 168 g/mol. The lowest BCUT2D eigenvalue weighted by Gasteiger charge is -2.15. The van der Waals surface area contributed by atoms with Crippen LogP contribution in [0, 0.1) is 5.92 Å². The van der Waals surface area contributed by atoms with Crippen LogP contribution in [0.4, 0.5) is 0 Å². The average molecular weight is 186 g/mol. The molecule has 0 saturated heterocycles. The zero-order valence-electron chi connectivity index (χ0n) is 8.49. The minimum atomic E-state index is -0.0231. The maximum atomic E-state index is 8.72. The van der Waals surface area contributed by atoms with E-state index in [1.807, 2.05) is 20.8 Å². The summed E-state index contributed by atoms with van der Waals surface area (Å²) in [5.74, 6) is -0.0231. The second-order valence-electron chi connectivity index (χ2n) is 2.85. The van der Waals surface area contributed by atoms with Crippen molar-refractivity contribution in [1.82, 2.24) is 0 Å². The molecule has 0 aromatic rings. The molecule has 1 unspecified atom stereocenters. The van der Waals surface area contributed by atoms with Crippen molar-refractivity contribution in [3.63, 3.8) is 0 Å². The van der Waals surface area contributed by atoms with Crippen LogP contribution in [-0.4, -0.2) is 21.8 Å². The van der Waals surface area contributed by atoms with Crippen molar-refractivity contribution in [2.75, 3.05) is 0 Å². The van der Waals surface area contributed by atoms with Crippen LogP contribution in [-0.2, 0) is 0 Å². The Morgan fingerprint density at radius 3 is 1.54 bits per heavy atom. The van der Waals surface area contributed by atoms with Gasteiger partial charge in [-0.3, -0.25) is 0 Å². The van der Waals surface area contributed by atoms with Crippen molar-refractivity contribution in [1.29, 1.82) is 0 Å². The fourth-order valence-electron chi connectivity index (χ4n) is 1.44. The van der Waals surface area contributed by atoms with E-state index in [2.05, 4.69) is 10.3 Å². The van der Waals surface area contributed by atoms with Gasteiger partial charge in [0.1, 0.15) is 0 Å². The molecule has 0 rings (SSSR count). The summed E-state index contributed by atoms with van der Waals surface area (Å²) in [4.78, 5) is 0. The van der Waals surface area contributed by atoms with Gasteiger partial charge in [0, 0.05) is 5.92 Å². The van der Waals surface area contributed by atoms with Gasteiger partial charge in [-0.05, 0) is 19.3 Å². The van der Waals surface area contributed by atoms with E-state index in [4.69, 9.17) is 10.4 Å². The van der Waals surface area contributed by atoms with Gasteiger partial charge in [0.15, 0.2) is 0 Å². The molecule has 0 aliphatic rings. The Bertz CT molecular complexity index is 180. The SMILES string of the molecule is CC/C(=N/O)C(CC)/C(CC)=N/O. The first kappa shape index (κ1) is 11.9. The molecular formula is C9H18N2O2. The van der Waals surface area contributed by atoms with Gasteiger partial charge >= 0.3 is 0 Å². The van der Waals surface area contributed by atoms with E-state index in [1.54, 1.807) is 0 Å². The van der Waals surface area contributed by atoms with Crippen LogP contribution in [0.5, 0.6) is 0 Å². The maximum absolute atomic E-state index is 8.72. The topological polar surface area (TPSA) is 65.2 Å². The summed E-state index contributed by atoms with van der Waals surface area (Å²) in [5.41, 5.74) is 1.36. The Labute approximate surface area is 78.9 Å². The third kappa shape index (κ3) is 3.05. The summed E-state index contributed by atoms with van der Waals surface area (Å²) in [6.07, 6.45) is 2.14. The van der Waals surface area contributed by atoms with Crippen molar-refractivity contribution < 1.29 is 10.4 Å². The van der Waals surface area contributed by atoms with Crippen LogP contribution in [0.3, 0.4) is 0 Å². The smallest absolute Gasteiger partial charge is 0.0656 e. The Morgan fingerprint density at radius 2 is 1.38 bits per heavy atom. The minimum absolute atomic E-state index is 0.0231. The molecule has 0 radical (unpaired) electrons. The largest absolute Gasteiger partial charge is 0.411 e. The highest BCUT2D eigenvalue weighted by Gasteiger charge is 2.18. The molecule has 1 atom stereocenters. The second kappa shape index (κ2) is 6.46. The maximum Gasteiger partial charge on any atom is 0.0656 e.